The van der Waals surface area contributed by atoms with Crippen LogP contribution in [0.1, 0.15) is 16.1 Å². The van der Waals surface area contributed by atoms with Crippen LogP contribution in [-0.4, -0.2) is 22.3 Å². The van der Waals surface area contributed by atoms with E-state index in [4.69, 9.17) is 4.42 Å². The number of hydrogen-bond acceptors (Lipinski definition) is 5. The Morgan fingerprint density at radius 2 is 2.00 bits per heavy atom. The summed E-state index contributed by atoms with van der Waals surface area (Å²) in [5.41, 5.74) is 3.27. The highest BCUT2D eigenvalue weighted by Gasteiger charge is 2.11. The van der Waals surface area contributed by atoms with Gasteiger partial charge in [0.15, 0.2) is 5.76 Å². The Hall–Kier alpha value is -2.80. The zero-order valence-electron chi connectivity index (χ0n) is 11.7. The monoisotopic (exact) mass is 374 g/mol. The molecule has 116 valence electrons. The van der Waals surface area contributed by atoms with Gasteiger partial charge in [0.2, 0.25) is 0 Å². The average Bonchev–Trinajstić information content (AvgIpc) is 2.92. The summed E-state index contributed by atoms with van der Waals surface area (Å²) in [7, 11) is 0. The van der Waals surface area contributed by atoms with E-state index in [1.54, 1.807) is 12.1 Å². The minimum Gasteiger partial charge on any atom is -0.508 e. The number of rotatable bonds is 3. The number of phenolic OH excluding ortho intramolecular Hbond substituents is 2. The number of hydrazone groups is 1. The average molecular weight is 375 g/mol. The van der Waals surface area contributed by atoms with Gasteiger partial charge in [-0.05, 0) is 36.4 Å². The fourth-order valence-electron chi connectivity index (χ4n) is 1.98. The maximum absolute atomic E-state index is 12.0. The molecule has 0 aliphatic heterocycles. The van der Waals surface area contributed by atoms with E-state index in [-0.39, 0.29) is 17.3 Å². The first-order chi connectivity index (χ1) is 11.0. The third-order valence-electron chi connectivity index (χ3n) is 3.09. The summed E-state index contributed by atoms with van der Waals surface area (Å²) in [6.07, 6.45) is 1.27. The summed E-state index contributed by atoms with van der Waals surface area (Å²) in [5.74, 6) is -0.578. The molecule has 23 heavy (non-hydrogen) atoms. The van der Waals surface area contributed by atoms with Crippen molar-refractivity contribution < 1.29 is 19.4 Å². The largest absolute Gasteiger partial charge is 0.508 e. The van der Waals surface area contributed by atoms with Gasteiger partial charge >= 0.3 is 5.91 Å². The Kier molecular flexibility index (Phi) is 4.03. The van der Waals surface area contributed by atoms with E-state index in [0.717, 1.165) is 9.86 Å². The summed E-state index contributed by atoms with van der Waals surface area (Å²) < 4.78 is 6.33. The van der Waals surface area contributed by atoms with Gasteiger partial charge in [-0.1, -0.05) is 15.9 Å². The predicted molar refractivity (Wildman–Crippen MR) is 88.7 cm³/mol. The van der Waals surface area contributed by atoms with Gasteiger partial charge < -0.3 is 14.6 Å². The van der Waals surface area contributed by atoms with Crippen molar-refractivity contribution in [3.63, 3.8) is 0 Å². The zero-order chi connectivity index (χ0) is 16.4. The minimum absolute atomic E-state index is 0.0582. The van der Waals surface area contributed by atoms with Crippen molar-refractivity contribution in [3.05, 3.63) is 58.3 Å². The van der Waals surface area contributed by atoms with Crippen LogP contribution >= 0.6 is 15.9 Å². The van der Waals surface area contributed by atoms with E-state index < -0.39 is 5.91 Å². The SMILES string of the molecule is O=C(N/N=C/c1ccc(O)cc1O)c1cc2cc(Br)ccc2o1. The van der Waals surface area contributed by atoms with Crippen LogP contribution < -0.4 is 5.43 Å². The molecule has 2 aromatic carbocycles. The van der Waals surface area contributed by atoms with Crippen molar-refractivity contribution in [2.24, 2.45) is 5.10 Å². The van der Waals surface area contributed by atoms with Crippen molar-refractivity contribution in [2.45, 2.75) is 0 Å². The molecule has 0 fully saturated rings. The number of benzene rings is 2. The van der Waals surface area contributed by atoms with Gasteiger partial charge in [-0.25, -0.2) is 5.43 Å². The fraction of sp³-hybridized carbons (Fsp3) is 0. The summed E-state index contributed by atoms with van der Waals surface area (Å²) in [4.78, 5) is 12.0. The molecule has 3 N–H and O–H groups in total. The van der Waals surface area contributed by atoms with Gasteiger partial charge in [0.05, 0.1) is 6.21 Å². The van der Waals surface area contributed by atoms with Crippen LogP contribution in [0.4, 0.5) is 0 Å². The van der Waals surface area contributed by atoms with Gasteiger partial charge in [-0.3, -0.25) is 4.79 Å². The summed E-state index contributed by atoms with van der Waals surface area (Å²) in [6.45, 7) is 0. The van der Waals surface area contributed by atoms with E-state index in [1.807, 2.05) is 12.1 Å². The Morgan fingerprint density at radius 3 is 2.78 bits per heavy atom. The maximum Gasteiger partial charge on any atom is 0.307 e. The second kappa shape index (κ2) is 6.13. The Balaban J connectivity index is 1.74. The lowest BCUT2D eigenvalue weighted by Gasteiger charge is -1.99. The quantitative estimate of drug-likeness (QED) is 0.483. The maximum atomic E-state index is 12.0. The lowest BCUT2D eigenvalue weighted by atomic mass is 10.2. The minimum atomic E-state index is -0.508. The van der Waals surface area contributed by atoms with E-state index in [0.29, 0.717) is 11.1 Å². The number of nitrogens with one attached hydrogen (secondary N) is 1. The van der Waals surface area contributed by atoms with Crippen LogP contribution in [-0.2, 0) is 0 Å². The normalized spacial score (nSPS) is 11.2. The third-order valence-corrected chi connectivity index (χ3v) is 3.58. The highest BCUT2D eigenvalue weighted by Crippen LogP contribution is 2.23. The van der Waals surface area contributed by atoms with Gasteiger partial charge in [-0.15, -0.1) is 0 Å². The van der Waals surface area contributed by atoms with Gasteiger partial charge in [0, 0.05) is 21.5 Å². The Labute approximate surface area is 139 Å². The molecule has 6 nitrogen and oxygen atoms in total. The zero-order valence-corrected chi connectivity index (χ0v) is 13.2. The van der Waals surface area contributed by atoms with Gasteiger partial charge in [0.25, 0.3) is 0 Å². The summed E-state index contributed by atoms with van der Waals surface area (Å²) in [6, 6.07) is 11.1. The Bertz CT molecular complexity index is 918. The van der Waals surface area contributed by atoms with Gasteiger partial charge in [-0.2, -0.15) is 5.10 Å². The fourth-order valence-corrected chi connectivity index (χ4v) is 2.36. The molecule has 0 unspecified atom stereocenters. The highest BCUT2D eigenvalue weighted by atomic mass is 79.9. The number of aromatic hydroxyl groups is 2. The van der Waals surface area contributed by atoms with E-state index in [9.17, 15) is 15.0 Å². The number of furan rings is 1. The number of carbonyl (C=O) groups excluding carboxylic acids is 1. The molecule has 0 atom stereocenters. The first-order valence-corrected chi connectivity index (χ1v) is 7.37. The number of halogens is 1. The molecule has 3 aromatic rings. The number of hydrogen-bond donors (Lipinski definition) is 3. The Morgan fingerprint density at radius 1 is 1.17 bits per heavy atom. The van der Waals surface area contributed by atoms with E-state index >= 15 is 0 Å². The van der Waals surface area contributed by atoms with Gasteiger partial charge in [0.1, 0.15) is 17.1 Å². The number of carbonyl (C=O) groups is 1. The molecule has 3 rings (SSSR count). The first-order valence-electron chi connectivity index (χ1n) is 6.57. The standard InChI is InChI=1S/C16H11BrN2O4/c17-11-2-4-14-10(5-11)6-15(23-14)16(22)19-18-8-9-1-3-12(20)7-13(9)21/h1-8,20-21H,(H,19,22)/b18-8+. The third kappa shape index (κ3) is 3.35. The number of amides is 1. The van der Waals surface area contributed by atoms with Crippen molar-refractivity contribution in [3.8, 4) is 11.5 Å². The van der Waals surface area contributed by atoms with Crippen molar-refractivity contribution >= 4 is 39.0 Å². The van der Waals surface area contributed by atoms with Crippen molar-refractivity contribution in [2.75, 3.05) is 0 Å². The molecule has 1 aromatic heterocycles. The molecule has 0 aliphatic rings. The highest BCUT2D eigenvalue weighted by molar-refractivity contribution is 9.10. The number of fused-ring (bicyclic) bond motifs is 1. The summed E-state index contributed by atoms with van der Waals surface area (Å²) in [5, 5.41) is 23.4. The summed E-state index contributed by atoms with van der Waals surface area (Å²) >= 11 is 3.35. The van der Waals surface area contributed by atoms with Crippen LogP contribution in [0.15, 0.2) is 56.5 Å². The topological polar surface area (TPSA) is 95.1 Å². The van der Waals surface area contributed by atoms with Crippen LogP contribution in [0, 0.1) is 0 Å². The molecule has 7 heteroatoms. The molecule has 0 bridgehead atoms. The molecule has 0 aliphatic carbocycles. The lowest BCUT2D eigenvalue weighted by molar-refractivity contribution is 0.0929. The smallest absolute Gasteiger partial charge is 0.307 e. The number of nitrogens with zero attached hydrogens (tertiary/aromatic N) is 1. The predicted octanol–water partition coefficient (Wildman–Crippen LogP) is 3.37. The molecule has 0 saturated carbocycles. The van der Waals surface area contributed by atoms with Crippen LogP contribution in [0.25, 0.3) is 11.0 Å². The number of phenols is 2. The molecule has 0 spiro atoms. The molecule has 0 radical (unpaired) electrons. The van der Waals surface area contributed by atoms with Crippen LogP contribution in [0.3, 0.4) is 0 Å². The van der Waals surface area contributed by atoms with Crippen molar-refractivity contribution in [1.29, 1.82) is 0 Å². The molecule has 1 heterocycles. The first kappa shape index (κ1) is 15.1. The molecule has 1 amide bonds. The lowest BCUT2D eigenvalue weighted by Crippen LogP contribution is -2.16. The van der Waals surface area contributed by atoms with E-state index in [2.05, 4.69) is 26.5 Å². The molecular weight excluding hydrogens is 364 g/mol. The second-order valence-corrected chi connectivity index (χ2v) is 5.65. The van der Waals surface area contributed by atoms with Crippen LogP contribution in [0.2, 0.25) is 0 Å². The van der Waals surface area contributed by atoms with E-state index in [1.165, 1.54) is 24.4 Å². The molecular formula is C16H11BrN2O4. The van der Waals surface area contributed by atoms with Crippen LogP contribution in [0.5, 0.6) is 11.5 Å². The molecule has 0 saturated heterocycles. The van der Waals surface area contributed by atoms with Crippen molar-refractivity contribution in [1.82, 2.24) is 5.43 Å². The second-order valence-electron chi connectivity index (χ2n) is 4.74.